The first-order valence-electron chi connectivity index (χ1n) is 9.42. The van der Waals surface area contributed by atoms with Crippen molar-refractivity contribution in [3.8, 4) is 0 Å². The molecule has 0 spiro atoms. The predicted molar refractivity (Wildman–Crippen MR) is 134 cm³/mol. The summed E-state index contributed by atoms with van der Waals surface area (Å²) in [4.78, 5) is 24.8. The summed E-state index contributed by atoms with van der Waals surface area (Å²) in [7, 11) is 0. The van der Waals surface area contributed by atoms with Crippen molar-refractivity contribution in [3.05, 3.63) is 80.5 Å². The van der Waals surface area contributed by atoms with Crippen molar-refractivity contribution in [3.63, 3.8) is 0 Å². The van der Waals surface area contributed by atoms with Crippen molar-refractivity contribution < 1.29 is 9.59 Å². The number of rotatable bonds is 9. The zero-order chi connectivity index (χ0) is 24.0. The summed E-state index contributed by atoms with van der Waals surface area (Å²) in [6.45, 7) is 4.23. The Balaban J connectivity index is 1.63. The maximum atomic E-state index is 12.5. The maximum Gasteiger partial charge on any atom is 0.253 e. The fourth-order valence-electron chi connectivity index (χ4n) is 2.71. The molecular formula is C21H17Cl4N5O2S. The van der Waals surface area contributed by atoms with Gasteiger partial charge in [-0.25, -0.2) is 0 Å². The first kappa shape index (κ1) is 25.4. The van der Waals surface area contributed by atoms with Crippen molar-refractivity contribution in [1.82, 2.24) is 20.1 Å². The highest BCUT2D eigenvalue weighted by Gasteiger charge is 2.16. The number of amides is 2. The number of carbonyl (C=O) groups excluding carboxylic acids is 2. The van der Waals surface area contributed by atoms with E-state index in [-0.39, 0.29) is 29.1 Å². The van der Waals surface area contributed by atoms with Gasteiger partial charge in [-0.3, -0.25) is 9.59 Å². The normalized spacial score (nSPS) is 10.7. The molecule has 0 atom stereocenters. The Hall–Kier alpha value is -2.23. The highest BCUT2D eigenvalue weighted by molar-refractivity contribution is 7.99. The Morgan fingerprint density at radius 2 is 1.76 bits per heavy atom. The molecule has 0 unspecified atom stereocenters. The minimum atomic E-state index is -0.378. The van der Waals surface area contributed by atoms with Gasteiger partial charge in [-0.05, 0) is 36.4 Å². The summed E-state index contributed by atoms with van der Waals surface area (Å²) >= 11 is 25.2. The summed E-state index contributed by atoms with van der Waals surface area (Å²) < 4.78 is 1.75. The molecule has 172 valence electrons. The second kappa shape index (κ2) is 11.8. The van der Waals surface area contributed by atoms with Crippen molar-refractivity contribution in [2.45, 2.75) is 18.2 Å². The fraction of sp³-hybridized carbons (Fsp3) is 0.143. The maximum absolute atomic E-state index is 12.5. The van der Waals surface area contributed by atoms with Crippen molar-refractivity contribution >= 4 is 75.7 Å². The molecule has 0 radical (unpaired) electrons. The van der Waals surface area contributed by atoms with Crippen molar-refractivity contribution in [1.29, 1.82) is 0 Å². The third-order valence-electron chi connectivity index (χ3n) is 4.22. The van der Waals surface area contributed by atoms with E-state index in [1.807, 2.05) is 0 Å². The quantitative estimate of drug-likeness (QED) is 0.265. The lowest BCUT2D eigenvalue weighted by molar-refractivity contribution is -0.113. The monoisotopic (exact) mass is 543 g/mol. The summed E-state index contributed by atoms with van der Waals surface area (Å²) in [5.74, 6) is -0.110. The van der Waals surface area contributed by atoms with E-state index < -0.39 is 0 Å². The number of thioether (sulfide) groups is 1. The molecule has 12 heteroatoms. The lowest BCUT2D eigenvalue weighted by Crippen LogP contribution is -2.25. The Labute approximate surface area is 214 Å². The summed E-state index contributed by atoms with van der Waals surface area (Å²) in [6.07, 6.45) is 1.67. The van der Waals surface area contributed by atoms with E-state index in [4.69, 9.17) is 46.4 Å². The van der Waals surface area contributed by atoms with Crippen LogP contribution in [0.4, 0.5) is 5.69 Å². The van der Waals surface area contributed by atoms with Crippen LogP contribution in [0.3, 0.4) is 0 Å². The topological polar surface area (TPSA) is 88.9 Å². The molecule has 0 aliphatic carbocycles. The molecule has 0 saturated carbocycles. The lowest BCUT2D eigenvalue weighted by Gasteiger charge is -2.10. The molecule has 1 aromatic heterocycles. The van der Waals surface area contributed by atoms with Gasteiger partial charge in [-0.2, -0.15) is 0 Å². The fourth-order valence-corrected chi connectivity index (χ4v) is 4.30. The second-order valence-corrected chi connectivity index (χ2v) is 9.20. The average Bonchev–Trinajstić information content (AvgIpc) is 3.15. The van der Waals surface area contributed by atoms with Crippen molar-refractivity contribution in [2.24, 2.45) is 0 Å². The lowest BCUT2D eigenvalue weighted by atomic mass is 10.2. The van der Waals surface area contributed by atoms with Gasteiger partial charge in [0.25, 0.3) is 5.91 Å². The van der Waals surface area contributed by atoms with E-state index >= 15 is 0 Å². The molecule has 7 nitrogen and oxygen atoms in total. The van der Waals surface area contributed by atoms with Crippen LogP contribution in [0.2, 0.25) is 20.1 Å². The van der Waals surface area contributed by atoms with Crippen LogP contribution in [0, 0.1) is 0 Å². The Bertz CT molecular complexity index is 1200. The van der Waals surface area contributed by atoms with Gasteiger partial charge in [0.2, 0.25) is 5.91 Å². The zero-order valence-electron chi connectivity index (χ0n) is 16.9. The highest BCUT2D eigenvalue weighted by atomic mass is 35.5. The van der Waals surface area contributed by atoms with Crippen LogP contribution in [0.15, 0.2) is 54.2 Å². The number of benzene rings is 2. The highest BCUT2D eigenvalue weighted by Crippen LogP contribution is 2.26. The van der Waals surface area contributed by atoms with E-state index in [0.717, 1.165) is 0 Å². The second-order valence-electron chi connectivity index (χ2n) is 6.57. The molecule has 0 bridgehead atoms. The summed E-state index contributed by atoms with van der Waals surface area (Å²) in [5.41, 5.74) is 0.716. The van der Waals surface area contributed by atoms with Gasteiger partial charge in [0.1, 0.15) is 0 Å². The van der Waals surface area contributed by atoms with E-state index in [1.54, 1.807) is 41.0 Å². The van der Waals surface area contributed by atoms with Crippen LogP contribution in [-0.2, 0) is 17.9 Å². The number of anilines is 1. The average molecular weight is 545 g/mol. The van der Waals surface area contributed by atoms with Gasteiger partial charge in [0, 0.05) is 16.6 Å². The Kier molecular flexibility index (Phi) is 9.05. The van der Waals surface area contributed by atoms with Gasteiger partial charge in [-0.1, -0.05) is 64.2 Å². The van der Waals surface area contributed by atoms with E-state index in [2.05, 4.69) is 27.4 Å². The third kappa shape index (κ3) is 6.88. The van der Waals surface area contributed by atoms with E-state index in [9.17, 15) is 9.59 Å². The Morgan fingerprint density at radius 3 is 2.48 bits per heavy atom. The molecule has 0 aliphatic heterocycles. The molecule has 3 rings (SSSR count). The smallest absolute Gasteiger partial charge is 0.253 e. The molecule has 0 fully saturated rings. The van der Waals surface area contributed by atoms with Crippen molar-refractivity contribution in [2.75, 3.05) is 11.1 Å². The zero-order valence-corrected chi connectivity index (χ0v) is 20.8. The van der Waals surface area contributed by atoms with Crippen LogP contribution >= 0.6 is 58.2 Å². The largest absolute Gasteiger partial charge is 0.345 e. The van der Waals surface area contributed by atoms with E-state index in [1.165, 1.54) is 17.8 Å². The van der Waals surface area contributed by atoms with Crippen LogP contribution < -0.4 is 10.6 Å². The first-order chi connectivity index (χ1) is 15.8. The van der Waals surface area contributed by atoms with Crippen LogP contribution in [0.25, 0.3) is 0 Å². The molecule has 0 saturated heterocycles. The molecule has 2 amide bonds. The minimum Gasteiger partial charge on any atom is -0.345 e. The number of nitrogens with zero attached hydrogens (tertiary/aromatic N) is 3. The van der Waals surface area contributed by atoms with E-state index in [0.29, 0.717) is 43.8 Å². The number of halogens is 4. The van der Waals surface area contributed by atoms with Gasteiger partial charge < -0.3 is 15.2 Å². The molecule has 1 heterocycles. The summed E-state index contributed by atoms with van der Waals surface area (Å²) in [5, 5.41) is 15.7. The molecule has 2 N–H and O–H groups in total. The Morgan fingerprint density at radius 1 is 1.03 bits per heavy atom. The predicted octanol–water partition coefficient (Wildman–Crippen LogP) is 5.74. The summed E-state index contributed by atoms with van der Waals surface area (Å²) in [6, 6.07) is 9.42. The molecule has 3 aromatic rings. The van der Waals surface area contributed by atoms with Gasteiger partial charge in [0.15, 0.2) is 11.0 Å². The number of aromatic nitrogens is 3. The number of nitrogens with one attached hydrogen (secondary N) is 2. The van der Waals surface area contributed by atoms with Gasteiger partial charge in [-0.15, -0.1) is 16.8 Å². The number of carbonyl (C=O) groups is 2. The SMILES string of the molecule is C=CCn1c(CNC(=O)c2ccc(Cl)cc2Cl)nnc1SCC(=O)Nc1cc(Cl)ccc1Cl. The molecule has 2 aromatic carbocycles. The van der Waals surface area contributed by atoms with Crippen LogP contribution in [0.5, 0.6) is 0 Å². The molecule has 0 aliphatic rings. The standard InChI is InChI=1S/C21H17Cl4N5O2S/c1-2-7-30-18(10-26-20(32)14-5-3-12(22)8-16(14)25)28-29-21(30)33-11-19(31)27-17-9-13(23)4-6-15(17)24/h2-6,8-9H,1,7,10-11H2,(H,26,32)(H,27,31). The molecule has 33 heavy (non-hydrogen) atoms. The number of allylic oxidation sites excluding steroid dienone is 1. The minimum absolute atomic E-state index is 0.0604. The van der Waals surface area contributed by atoms with Gasteiger partial charge >= 0.3 is 0 Å². The van der Waals surface area contributed by atoms with Crippen LogP contribution in [-0.4, -0.2) is 32.3 Å². The third-order valence-corrected chi connectivity index (χ3v) is 6.30. The van der Waals surface area contributed by atoms with Crippen LogP contribution in [0.1, 0.15) is 16.2 Å². The number of hydrogen-bond acceptors (Lipinski definition) is 5. The molecular weight excluding hydrogens is 528 g/mol. The van der Waals surface area contributed by atoms with Gasteiger partial charge in [0.05, 0.1) is 33.6 Å². The first-order valence-corrected chi connectivity index (χ1v) is 11.9. The number of hydrogen-bond donors (Lipinski definition) is 2.